The molecule has 1 saturated heterocycles. The third-order valence-electron chi connectivity index (χ3n) is 5.30. The first-order valence-electron chi connectivity index (χ1n) is 8.32. The van der Waals surface area contributed by atoms with Gasteiger partial charge in [0.1, 0.15) is 0 Å². The minimum Gasteiger partial charge on any atom is -0.207 e. The summed E-state index contributed by atoms with van der Waals surface area (Å²) in [6, 6.07) is 4.44. The number of hydrogen-bond donors (Lipinski definition) is 0. The molecule has 19 heavy (non-hydrogen) atoms. The third-order valence-corrected chi connectivity index (χ3v) is 8.35. The zero-order valence-corrected chi connectivity index (χ0v) is 13.4. The summed E-state index contributed by atoms with van der Waals surface area (Å²) in [5.74, 6) is -0.935. The highest BCUT2D eigenvalue weighted by atomic mass is 28.3. The van der Waals surface area contributed by atoms with E-state index in [1.807, 2.05) is 0 Å². The van der Waals surface area contributed by atoms with Crippen molar-refractivity contribution in [2.75, 3.05) is 0 Å². The predicted octanol–water partition coefficient (Wildman–Crippen LogP) is 5.91. The van der Waals surface area contributed by atoms with Gasteiger partial charge in [-0.05, 0) is 24.7 Å². The normalized spacial score (nSPS) is 26.7. The zero-order chi connectivity index (χ0) is 13.7. The molecule has 1 aliphatic heterocycles. The Balaban J connectivity index is 1.66. The molecule has 0 aromatic heterocycles. The van der Waals surface area contributed by atoms with Gasteiger partial charge in [0.25, 0.3) is 0 Å². The summed E-state index contributed by atoms with van der Waals surface area (Å²) in [5, 5.41) is 0. The SMILES string of the molecule is CCCCC[Si]1CCC(C2CCC(F)(F)CC2)CC1. The molecule has 0 aromatic carbocycles. The fourth-order valence-corrected chi connectivity index (χ4v) is 6.99. The molecule has 0 aromatic rings. The third kappa shape index (κ3) is 4.84. The fourth-order valence-electron chi connectivity index (χ4n) is 3.93. The molecule has 1 heterocycles. The maximum absolute atomic E-state index is 13.2. The molecule has 3 heteroatoms. The van der Waals surface area contributed by atoms with Gasteiger partial charge in [0.2, 0.25) is 5.92 Å². The second-order valence-corrected chi connectivity index (χ2v) is 9.74. The maximum Gasteiger partial charge on any atom is 0.248 e. The van der Waals surface area contributed by atoms with Crippen molar-refractivity contribution in [3.05, 3.63) is 0 Å². The summed E-state index contributed by atoms with van der Waals surface area (Å²) in [6.45, 7) is 2.27. The van der Waals surface area contributed by atoms with E-state index in [0.29, 0.717) is 5.92 Å². The van der Waals surface area contributed by atoms with Crippen LogP contribution in [0.5, 0.6) is 0 Å². The van der Waals surface area contributed by atoms with Crippen LogP contribution in [0, 0.1) is 11.8 Å². The molecule has 0 bridgehead atoms. The van der Waals surface area contributed by atoms with Crippen LogP contribution in [0.1, 0.15) is 64.7 Å². The lowest BCUT2D eigenvalue weighted by atomic mass is 9.76. The van der Waals surface area contributed by atoms with E-state index in [4.69, 9.17) is 0 Å². The summed E-state index contributed by atoms with van der Waals surface area (Å²) in [6.07, 6.45) is 8.76. The van der Waals surface area contributed by atoms with E-state index in [2.05, 4.69) is 6.92 Å². The van der Waals surface area contributed by atoms with E-state index in [0.717, 1.165) is 18.8 Å². The molecule has 1 aliphatic carbocycles. The topological polar surface area (TPSA) is 0 Å². The van der Waals surface area contributed by atoms with Crippen molar-refractivity contribution in [2.45, 2.75) is 88.8 Å². The van der Waals surface area contributed by atoms with Gasteiger partial charge in [0.05, 0.1) is 0 Å². The van der Waals surface area contributed by atoms with Crippen LogP contribution in [-0.4, -0.2) is 14.7 Å². The maximum atomic E-state index is 13.2. The zero-order valence-electron chi connectivity index (χ0n) is 12.4. The molecule has 0 nitrogen and oxygen atoms in total. The van der Waals surface area contributed by atoms with Crippen LogP contribution in [0.4, 0.5) is 8.78 Å². The van der Waals surface area contributed by atoms with Crippen LogP contribution in [0.25, 0.3) is 0 Å². The lowest BCUT2D eigenvalue weighted by Gasteiger charge is -2.37. The van der Waals surface area contributed by atoms with Crippen molar-refractivity contribution in [1.29, 1.82) is 0 Å². The lowest BCUT2D eigenvalue weighted by Crippen LogP contribution is -2.31. The highest BCUT2D eigenvalue weighted by molar-refractivity contribution is 6.58. The average molecular weight is 287 g/mol. The first-order chi connectivity index (χ1) is 9.11. The van der Waals surface area contributed by atoms with Crippen LogP contribution in [-0.2, 0) is 0 Å². The Bertz CT molecular complexity index is 249. The first-order valence-corrected chi connectivity index (χ1v) is 10.4. The molecule has 111 valence electrons. The van der Waals surface area contributed by atoms with Crippen LogP contribution in [0.3, 0.4) is 0 Å². The van der Waals surface area contributed by atoms with Gasteiger partial charge in [0, 0.05) is 21.6 Å². The van der Waals surface area contributed by atoms with Crippen molar-refractivity contribution in [3.8, 4) is 0 Å². The lowest BCUT2D eigenvalue weighted by molar-refractivity contribution is -0.0529. The highest BCUT2D eigenvalue weighted by Crippen LogP contribution is 2.43. The second-order valence-electron chi connectivity index (χ2n) is 6.74. The quantitative estimate of drug-likeness (QED) is 0.436. The molecule has 0 spiro atoms. The van der Waals surface area contributed by atoms with Gasteiger partial charge in [-0.25, -0.2) is 8.78 Å². The summed E-state index contributed by atoms with van der Waals surface area (Å²) < 4.78 is 26.4. The molecule has 0 unspecified atom stereocenters. The summed E-state index contributed by atoms with van der Waals surface area (Å²) in [5.41, 5.74) is 0. The van der Waals surface area contributed by atoms with Crippen LogP contribution >= 0.6 is 0 Å². The molecule has 2 rings (SSSR count). The number of unbranched alkanes of at least 4 members (excludes halogenated alkanes) is 2. The minimum atomic E-state index is -2.35. The molecule has 1 radical (unpaired) electrons. The molecule has 1 saturated carbocycles. The largest absolute Gasteiger partial charge is 0.248 e. The van der Waals surface area contributed by atoms with Crippen molar-refractivity contribution in [3.63, 3.8) is 0 Å². The number of alkyl halides is 2. The van der Waals surface area contributed by atoms with Gasteiger partial charge in [-0.2, -0.15) is 0 Å². The summed E-state index contributed by atoms with van der Waals surface area (Å²) in [4.78, 5) is 0. The predicted molar refractivity (Wildman–Crippen MR) is 79.3 cm³/mol. The van der Waals surface area contributed by atoms with Crippen LogP contribution in [0.15, 0.2) is 0 Å². The summed E-state index contributed by atoms with van der Waals surface area (Å²) >= 11 is 0. The monoisotopic (exact) mass is 287 g/mol. The summed E-state index contributed by atoms with van der Waals surface area (Å²) in [7, 11) is -0.0615. The molecular weight excluding hydrogens is 258 g/mol. The Morgan fingerprint density at radius 1 is 0.947 bits per heavy atom. The number of hydrogen-bond acceptors (Lipinski definition) is 0. The molecule has 2 aliphatic rings. The minimum absolute atomic E-state index is 0.0615. The van der Waals surface area contributed by atoms with E-state index in [-0.39, 0.29) is 21.6 Å². The van der Waals surface area contributed by atoms with Gasteiger partial charge >= 0.3 is 0 Å². The molecule has 0 amide bonds. The smallest absolute Gasteiger partial charge is 0.207 e. The Morgan fingerprint density at radius 3 is 2.11 bits per heavy atom. The Labute approximate surface area is 119 Å². The molecule has 0 N–H and O–H groups in total. The van der Waals surface area contributed by atoms with Crippen LogP contribution < -0.4 is 0 Å². The average Bonchev–Trinajstić information content (AvgIpc) is 2.40. The van der Waals surface area contributed by atoms with Crippen molar-refractivity contribution >= 4 is 8.80 Å². The van der Waals surface area contributed by atoms with Crippen molar-refractivity contribution in [1.82, 2.24) is 0 Å². The van der Waals surface area contributed by atoms with Crippen molar-refractivity contribution < 1.29 is 8.78 Å². The fraction of sp³-hybridized carbons (Fsp3) is 1.00. The van der Waals surface area contributed by atoms with Gasteiger partial charge in [-0.1, -0.05) is 57.2 Å². The first kappa shape index (κ1) is 15.5. The van der Waals surface area contributed by atoms with Gasteiger partial charge in [-0.3, -0.25) is 0 Å². The van der Waals surface area contributed by atoms with Gasteiger partial charge in [0.15, 0.2) is 0 Å². The Kier molecular flexibility index (Phi) is 5.85. The van der Waals surface area contributed by atoms with Crippen LogP contribution in [0.2, 0.25) is 18.1 Å². The van der Waals surface area contributed by atoms with E-state index in [1.54, 1.807) is 0 Å². The second kappa shape index (κ2) is 7.19. The van der Waals surface area contributed by atoms with E-state index < -0.39 is 5.92 Å². The Morgan fingerprint density at radius 2 is 1.53 bits per heavy atom. The van der Waals surface area contributed by atoms with E-state index in [9.17, 15) is 8.78 Å². The van der Waals surface area contributed by atoms with E-state index in [1.165, 1.54) is 50.2 Å². The molecule has 2 fully saturated rings. The number of halogens is 2. The number of rotatable bonds is 5. The van der Waals surface area contributed by atoms with Crippen molar-refractivity contribution in [2.24, 2.45) is 11.8 Å². The Hall–Kier alpha value is 0.0769. The van der Waals surface area contributed by atoms with E-state index >= 15 is 0 Å². The van der Waals surface area contributed by atoms with Gasteiger partial charge in [-0.15, -0.1) is 0 Å². The molecular formula is C16H29F2Si. The highest BCUT2D eigenvalue weighted by Gasteiger charge is 2.38. The molecule has 0 atom stereocenters. The van der Waals surface area contributed by atoms with Gasteiger partial charge < -0.3 is 0 Å². The standard InChI is InChI=1S/C16H29F2Si/c1-2-3-4-11-19-12-7-15(8-13-19)14-5-9-16(17,18)10-6-14/h14-15H,2-13H2,1H3.